The van der Waals surface area contributed by atoms with Gasteiger partial charge in [-0.2, -0.15) is 0 Å². The van der Waals surface area contributed by atoms with Crippen molar-refractivity contribution in [3.63, 3.8) is 0 Å². The van der Waals surface area contributed by atoms with Crippen LogP contribution >= 0.6 is 44.1 Å². The molecule has 0 amide bonds. The summed E-state index contributed by atoms with van der Waals surface area (Å²) in [4.78, 5) is 0.134. The number of rotatable bonds is 4. The Balaban J connectivity index is 2.18. The molecule has 0 saturated carbocycles. The highest BCUT2D eigenvalue weighted by Crippen LogP contribution is 2.29. The average molecular weight is 419 g/mol. The molecule has 0 fully saturated rings. The first-order valence-electron chi connectivity index (χ1n) is 5.64. The summed E-state index contributed by atoms with van der Waals surface area (Å²) in [6.45, 7) is 0.273. The Labute approximate surface area is 138 Å². The van der Waals surface area contributed by atoms with Crippen LogP contribution in [0.25, 0.3) is 0 Å². The van der Waals surface area contributed by atoms with Crippen LogP contribution in [0.5, 0.6) is 5.75 Å². The SMILES string of the molecule is NC(=S)c1ccc(OCc2cccc(Br)c2)c(F)c1Br. The van der Waals surface area contributed by atoms with Crippen LogP contribution in [0.4, 0.5) is 4.39 Å². The fourth-order valence-electron chi connectivity index (χ4n) is 1.62. The number of hydrogen-bond acceptors (Lipinski definition) is 2. The van der Waals surface area contributed by atoms with Crippen molar-refractivity contribution in [1.29, 1.82) is 0 Å². The third-order valence-corrected chi connectivity index (χ3v) is 4.08. The maximum Gasteiger partial charge on any atom is 0.179 e. The van der Waals surface area contributed by atoms with Crippen molar-refractivity contribution in [1.82, 2.24) is 0 Å². The lowest BCUT2D eigenvalue weighted by Gasteiger charge is -2.11. The number of benzene rings is 2. The van der Waals surface area contributed by atoms with Crippen molar-refractivity contribution in [3.8, 4) is 5.75 Å². The summed E-state index contributed by atoms with van der Waals surface area (Å²) in [6.07, 6.45) is 0. The summed E-state index contributed by atoms with van der Waals surface area (Å²) < 4.78 is 20.8. The second-order valence-electron chi connectivity index (χ2n) is 4.02. The molecule has 0 spiro atoms. The lowest BCUT2D eigenvalue weighted by molar-refractivity contribution is 0.289. The zero-order valence-electron chi connectivity index (χ0n) is 10.2. The molecule has 0 heterocycles. The highest BCUT2D eigenvalue weighted by atomic mass is 79.9. The van der Waals surface area contributed by atoms with Gasteiger partial charge in [0, 0.05) is 10.0 Å². The lowest BCUT2D eigenvalue weighted by atomic mass is 10.2. The van der Waals surface area contributed by atoms with Crippen LogP contribution in [0.1, 0.15) is 11.1 Å². The molecule has 6 heteroatoms. The monoisotopic (exact) mass is 417 g/mol. The Morgan fingerprint density at radius 2 is 2.00 bits per heavy atom. The smallest absolute Gasteiger partial charge is 0.179 e. The number of thiocarbonyl (C=S) groups is 1. The van der Waals surface area contributed by atoms with E-state index in [0.29, 0.717) is 5.56 Å². The van der Waals surface area contributed by atoms with Crippen molar-refractivity contribution < 1.29 is 9.13 Å². The predicted octanol–water partition coefficient (Wildman–Crippen LogP) is 4.56. The molecule has 0 radical (unpaired) electrons. The van der Waals surface area contributed by atoms with Crippen molar-refractivity contribution in [2.75, 3.05) is 0 Å². The molecular weight excluding hydrogens is 409 g/mol. The van der Waals surface area contributed by atoms with Crippen molar-refractivity contribution in [2.45, 2.75) is 6.61 Å². The van der Waals surface area contributed by atoms with Crippen molar-refractivity contribution in [3.05, 3.63) is 62.3 Å². The van der Waals surface area contributed by atoms with Gasteiger partial charge in [0.15, 0.2) is 11.6 Å². The first-order chi connectivity index (χ1) is 9.49. The Hall–Kier alpha value is -0.980. The van der Waals surface area contributed by atoms with E-state index in [2.05, 4.69) is 31.9 Å². The van der Waals surface area contributed by atoms with E-state index in [-0.39, 0.29) is 21.8 Å². The van der Waals surface area contributed by atoms with Gasteiger partial charge in [-0.15, -0.1) is 0 Å². The van der Waals surface area contributed by atoms with Gasteiger partial charge in [0.25, 0.3) is 0 Å². The molecule has 0 bridgehead atoms. The van der Waals surface area contributed by atoms with Gasteiger partial charge in [-0.25, -0.2) is 4.39 Å². The Kier molecular flexibility index (Phi) is 5.12. The van der Waals surface area contributed by atoms with E-state index in [1.54, 1.807) is 6.07 Å². The molecule has 2 aromatic rings. The molecule has 2 rings (SSSR count). The number of halogens is 3. The van der Waals surface area contributed by atoms with Crippen LogP contribution in [-0.2, 0) is 6.61 Å². The number of ether oxygens (including phenoxy) is 1. The van der Waals surface area contributed by atoms with Gasteiger partial charge < -0.3 is 10.5 Å². The predicted molar refractivity (Wildman–Crippen MR) is 88.5 cm³/mol. The summed E-state index contributed by atoms with van der Waals surface area (Å²) >= 11 is 11.4. The van der Waals surface area contributed by atoms with E-state index in [4.69, 9.17) is 22.7 Å². The Bertz CT molecular complexity index is 664. The normalized spacial score (nSPS) is 10.3. The summed E-state index contributed by atoms with van der Waals surface area (Å²) in [5, 5.41) is 0. The first kappa shape index (κ1) is 15.4. The fourth-order valence-corrected chi connectivity index (χ4v) is 2.91. The van der Waals surface area contributed by atoms with Crippen LogP contribution in [-0.4, -0.2) is 4.99 Å². The van der Waals surface area contributed by atoms with Crippen LogP contribution in [0.15, 0.2) is 45.3 Å². The summed E-state index contributed by atoms with van der Waals surface area (Å²) in [7, 11) is 0. The number of hydrogen-bond donors (Lipinski definition) is 1. The molecule has 2 N–H and O–H groups in total. The second-order valence-corrected chi connectivity index (χ2v) is 6.17. The Morgan fingerprint density at radius 1 is 1.25 bits per heavy atom. The summed E-state index contributed by atoms with van der Waals surface area (Å²) in [6, 6.07) is 10.8. The van der Waals surface area contributed by atoms with Gasteiger partial charge in [-0.05, 0) is 45.8 Å². The minimum Gasteiger partial charge on any atom is -0.486 e. The van der Waals surface area contributed by atoms with E-state index >= 15 is 0 Å². The van der Waals surface area contributed by atoms with Gasteiger partial charge in [-0.3, -0.25) is 0 Å². The molecule has 0 unspecified atom stereocenters. The van der Waals surface area contributed by atoms with E-state index < -0.39 is 5.82 Å². The molecule has 0 atom stereocenters. The van der Waals surface area contributed by atoms with E-state index in [9.17, 15) is 4.39 Å². The van der Waals surface area contributed by atoms with Gasteiger partial charge in [0.2, 0.25) is 0 Å². The highest BCUT2D eigenvalue weighted by molar-refractivity contribution is 9.10. The largest absolute Gasteiger partial charge is 0.486 e. The molecule has 20 heavy (non-hydrogen) atoms. The summed E-state index contributed by atoms with van der Waals surface area (Å²) in [5.41, 5.74) is 6.89. The van der Waals surface area contributed by atoms with E-state index in [1.165, 1.54) is 6.07 Å². The molecule has 0 aromatic heterocycles. The van der Waals surface area contributed by atoms with Crippen molar-refractivity contribution in [2.24, 2.45) is 5.73 Å². The fraction of sp³-hybridized carbons (Fsp3) is 0.0714. The zero-order valence-corrected chi connectivity index (χ0v) is 14.2. The summed E-state index contributed by atoms with van der Waals surface area (Å²) in [5.74, 6) is -0.359. The minimum atomic E-state index is -0.509. The van der Waals surface area contributed by atoms with Gasteiger partial charge in [-0.1, -0.05) is 40.3 Å². The molecule has 2 nitrogen and oxygen atoms in total. The average Bonchev–Trinajstić information content (AvgIpc) is 2.40. The van der Waals surface area contributed by atoms with Crippen LogP contribution in [0.3, 0.4) is 0 Å². The standard InChI is InChI=1S/C14H10Br2FNOS/c15-9-3-1-2-8(6-9)7-19-11-5-4-10(14(18)20)12(16)13(11)17/h1-6H,7H2,(H2,18,20). The molecule has 104 valence electrons. The second kappa shape index (κ2) is 6.65. The molecule has 0 aliphatic rings. The van der Waals surface area contributed by atoms with E-state index in [1.807, 2.05) is 24.3 Å². The quantitative estimate of drug-likeness (QED) is 0.739. The lowest BCUT2D eigenvalue weighted by Crippen LogP contribution is -2.11. The zero-order chi connectivity index (χ0) is 14.7. The Morgan fingerprint density at radius 3 is 2.65 bits per heavy atom. The van der Waals surface area contributed by atoms with Crippen LogP contribution in [0.2, 0.25) is 0 Å². The van der Waals surface area contributed by atoms with Gasteiger partial charge in [0.05, 0.1) is 4.47 Å². The number of nitrogens with two attached hydrogens (primary N) is 1. The molecule has 0 aliphatic carbocycles. The maximum absolute atomic E-state index is 14.1. The van der Waals surface area contributed by atoms with Gasteiger partial charge in [0.1, 0.15) is 11.6 Å². The van der Waals surface area contributed by atoms with Gasteiger partial charge >= 0.3 is 0 Å². The molecule has 0 saturated heterocycles. The first-order valence-corrected chi connectivity index (χ1v) is 7.63. The minimum absolute atomic E-state index is 0.134. The maximum atomic E-state index is 14.1. The third-order valence-electron chi connectivity index (χ3n) is 2.60. The third kappa shape index (κ3) is 3.56. The highest BCUT2D eigenvalue weighted by Gasteiger charge is 2.14. The molecular formula is C14H10Br2FNOS. The van der Waals surface area contributed by atoms with Crippen molar-refractivity contribution >= 4 is 49.1 Å². The van der Waals surface area contributed by atoms with Crippen LogP contribution < -0.4 is 10.5 Å². The topological polar surface area (TPSA) is 35.2 Å². The van der Waals surface area contributed by atoms with E-state index in [0.717, 1.165) is 10.0 Å². The molecule has 0 aliphatic heterocycles. The van der Waals surface area contributed by atoms with Crippen LogP contribution in [0, 0.1) is 5.82 Å². The molecule has 2 aromatic carbocycles.